The van der Waals surface area contributed by atoms with Crippen LogP contribution in [0.1, 0.15) is 103 Å². The number of aromatic hydroxyl groups is 1. The highest BCUT2D eigenvalue weighted by molar-refractivity contribution is 7.98. The first-order chi connectivity index (χ1) is 16.5. The van der Waals surface area contributed by atoms with Crippen molar-refractivity contribution in [2.24, 2.45) is 0 Å². The van der Waals surface area contributed by atoms with Crippen LogP contribution in [0.25, 0.3) is 5.69 Å². The number of phenolic OH excluding ortho intramolecular Hbond substituents is 1. The maximum Gasteiger partial charge on any atom is 0.196 e. The van der Waals surface area contributed by atoms with Gasteiger partial charge in [0.2, 0.25) is 0 Å². The van der Waals surface area contributed by atoms with E-state index in [0.717, 1.165) is 46.4 Å². The molecule has 0 aliphatic rings. The molecule has 1 aromatic heterocycles. The standard InChI is InChI=1S/C30H43N3OS/c1-8-9-10-11-15-18-26-31-32-28(35-21-22-16-13-12-14-17-22)33(26)23-19-24(29(2,3)4)27(34)25(20-23)30(5,6)7/h12-14,16-17,19-20,34H,8-11,15,18,21H2,1-7H3. The minimum Gasteiger partial charge on any atom is -0.507 e. The molecule has 0 bridgehead atoms. The van der Waals surface area contributed by atoms with Crippen LogP contribution in [-0.2, 0) is 23.0 Å². The van der Waals surface area contributed by atoms with E-state index in [1.54, 1.807) is 11.8 Å². The van der Waals surface area contributed by atoms with Gasteiger partial charge < -0.3 is 5.11 Å². The van der Waals surface area contributed by atoms with Gasteiger partial charge in [-0.15, -0.1) is 10.2 Å². The van der Waals surface area contributed by atoms with Gasteiger partial charge in [0.15, 0.2) is 5.16 Å². The highest BCUT2D eigenvalue weighted by Gasteiger charge is 2.28. The predicted molar refractivity (Wildman–Crippen MR) is 149 cm³/mol. The molecule has 0 amide bonds. The van der Waals surface area contributed by atoms with Crippen LogP contribution in [0.4, 0.5) is 0 Å². The first kappa shape index (κ1) is 27.3. The molecule has 4 nitrogen and oxygen atoms in total. The third kappa shape index (κ3) is 7.13. The molecule has 5 heteroatoms. The van der Waals surface area contributed by atoms with Gasteiger partial charge in [-0.2, -0.15) is 0 Å². The van der Waals surface area contributed by atoms with Gasteiger partial charge in [-0.05, 0) is 34.9 Å². The van der Waals surface area contributed by atoms with E-state index in [9.17, 15) is 5.11 Å². The van der Waals surface area contributed by atoms with E-state index in [-0.39, 0.29) is 10.8 Å². The fourth-order valence-electron chi connectivity index (χ4n) is 4.32. The summed E-state index contributed by atoms with van der Waals surface area (Å²) in [5, 5.41) is 21.5. The first-order valence-electron chi connectivity index (χ1n) is 13.0. The number of aryl methyl sites for hydroxylation is 1. The Morgan fingerprint density at radius 1 is 0.829 bits per heavy atom. The van der Waals surface area contributed by atoms with Gasteiger partial charge in [-0.3, -0.25) is 4.57 Å². The van der Waals surface area contributed by atoms with E-state index in [1.807, 2.05) is 6.07 Å². The Hall–Kier alpha value is -2.27. The molecule has 0 unspecified atom stereocenters. The smallest absolute Gasteiger partial charge is 0.196 e. The highest BCUT2D eigenvalue weighted by Crippen LogP contribution is 2.41. The Bertz CT molecular complexity index is 1060. The summed E-state index contributed by atoms with van der Waals surface area (Å²) in [7, 11) is 0. The van der Waals surface area contributed by atoms with Crippen LogP contribution in [0.5, 0.6) is 5.75 Å². The Balaban J connectivity index is 2.06. The van der Waals surface area contributed by atoms with Crippen LogP contribution in [-0.4, -0.2) is 19.9 Å². The Kier molecular flexibility index (Phi) is 9.09. The molecule has 0 aliphatic heterocycles. The fourth-order valence-corrected chi connectivity index (χ4v) is 5.24. The number of hydrogen-bond donors (Lipinski definition) is 1. The van der Waals surface area contributed by atoms with Gasteiger partial charge in [0, 0.05) is 23.3 Å². The zero-order valence-electron chi connectivity index (χ0n) is 22.7. The molecule has 0 aliphatic carbocycles. The van der Waals surface area contributed by atoms with Crippen molar-refractivity contribution in [3.05, 3.63) is 65.0 Å². The van der Waals surface area contributed by atoms with Crippen molar-refractivity contribution in [1.29, 1.82) is 0 Å². The highest BCUT2D eigenvalue weighted by atomic mass is 32.2. The molecule has 0 fully saturated rings. The average molecular weight is 494 g/mol. The largest absolute Gasteiger partial charge is 0.507 e. The molecule has 0 radical (unpaired) electrons. The van der Waals surface area contributed by atoms with Crippen molar-refractivity contribution in [2.75, 3.05) is 0 Å². The molecule has 0 saturated carbocycles. The lowest BCUT2D eigenvalue weighted by molar-refractivity contribution is 0.423. The fraction of sp³-hybridized carbons (Fsp3) is 0.533. The molecule has 3 aromatic rings. The molecule has 0 spiro atoms. The summed E-state index contributed by atoms with van der Waals surface area (Å²) < 4.78 is 2.23. The number of hydrogen-bond acceptors (Lipinski definition) is 4. The number of aromatic nitrogens is 3. The Morgan fingerprint density at radius 3 is 2.00 bits per heavy atom. The first-order valence-corrected chi connectivity index (χ1v) is 14.0. The van der Waals surface area contributed by atoms with Crippen molar-refractivity contribution in [1.82, 2.24) is 14.8 Å². The van der Waals surface area contributed by atoms with E-state index < -0.39 is 0 Å². The quantitative estimate of drug-likeness (QED) is 0.228. The van der Waals surface area contributed by atoms with Crippen molar-refractivity contribution in [3.63, 3.8) is 0 Å². The molecule has 3 rings (SSSR count). The SMILES string of the molecule is CCCCCCCc1nnc(SCc2ccccc2)n1-c1cc(C(C)(C)C)c(O)c(C(C)(C)C)c1. The molecule has 1 N–H and O–H groups in total. The van der Waals surface area contributed by atoms with Crippen LogP contribution in [0.3, 0.4) is 0 Å². The third-order valence-electron chi connectivity index (χ3n) is 6.38. The normalized spacial score (nSPS) is 12.3. The zero-order chi connectivity index (χ0) is 25.6. The van der Waals surface area contributed by atoms with Crippen molar-refractivity contribution in [2.45, 2.75) is 109 Å². The Labute approximate surface area is 216 Å². The number of unbranched alkanes of at least 4 members (excludes halogenated alkanes) is 4. The van der Waals surface area contributed by atoms with Crippen LogP contribution in [0.15, 0.2) is 47.6 Å². The third-order valence-corrected chi connectivity index (χ3v) is 7.38. The maximum atomic E-state index is 11.3. The topological polar surface area (TPSA) is 50.9 Å². The molecular weight excluding hydrogens is 450 g/mol. The van der Waals surface area contributed by atoms with Gasteiger partial charge in [0.1, 0.15) is 11.6 Å². The van der Waals surface area contributed by atoms with Crippen molar-refractivity contribution >= 4 is 11.8 Å². The maximum absolute atomic E-state index is 11.3. The second-order valence-electron chi connectivity index (χ2n) is 11.6. The second kappa shape index (κ2) is 11.6. The van der Waals surface area contributed by atoms with Crippen LogP contribution < -0.4 is 0 Å². The summed E-state index contributed by atoms with van der Waals surface area (Å²) >= 11 is 1.72. The van der Waals surface area contributed by atoms with Gasteiger partial charge in [-0.25, -0.2) is 0 Å². The molecule has 0 atom stereocenters. The predicted octanol–water partition coefficient (Wildman–Crippen LogP) is 8.37. The summed E-state index contributed by atoms with van der Waals surface area (Å²) in [6.07, 6.45) is 7.02. The van der Waals surface area contributed by atoms with Crippen LogP contribution in [0.2, 0.25) is 0 Å². The minimum atomic E-state index is -0.189. The number of rotatable bonds is 10. The van der Waals surface area contributed by atoms with E-state index in [2.05, 4.69) is 99.6 Å². The summed E-state index contributed by atoms with van der Waals surface area (Å²) in [6.45, 7) is 15.2. The van der Waals surface area contributed by atoms with E-state index in [4.69, 9.17) is 0 Å². The molecular formula is C30H43N3OS. The van der Waals surface area contributed by atoms with E-state index in [1.165, 1.54) is 31.2 Å². The summed E-state index contributed by atoms with van der Waals surface area (Å²) in [5.41, 5.74) is 3.85. The minimum absolute atomic E-state index is 0.189. The van der Waals surface area contributed by atoms with Gasteiger partial charge in [0.05, 0.1) is 5.69 Å². The number of phenols is 1. The lowest BCUT2D eigenvalue weighted by Gasteiger charge is -2.28. The van der Waals surface area contributed by atoms with Gasteiger partial charge in [0.25, 0.3) is 0 Å². The molecule has 1 heterocycles. The summed E-state index contributed by atoms with van der Waals surface area (Å²) in [5.74, 6) is 2.25. The molecule has 190 valence electrons. The monoisotopic (exact) mass is 493 g/mol. The van der Waals surface area contributed by atoms with Crippen LogP contribution in [0, 0.1) is 0 Å². The lowest BCUT2D eigenvalue weighted by Crippen LogP contribution is -2.18. The summed E-state index contributed by atoms with van der Waals surface area (Å²) in [4.78, 5) is 0. The molecule has 35 heavy (non-hydrogen) atoms. The zero-order valence-corrected chi connectivity index (χ0v) is 23.5. The Morgan fingerprint density at radius 2 is 1.43 bits per heavy atom. The van der Waals surface area contributed by atoms with E-state index in [0.29, 0.717) is 5.75 Å². The van der Waals surface area contributed by atoms with Crippen molar-refractivity contribution in [3.8, 4) is 11.4 Å². The van der Waals surface area contributed by atoms with Crippen LogP contribution >= 0.6 is 11.8 Å². The summed E-state index contributed by atoms with van der Waals surface area (Å²) in [6, 6.07) is 14.8. The second-order valence-corrected chi connectivity index (χ2v) is 12.5. The molecule has 0 saturated heterocycles. The molecule has 2 aromatic carbocycles. The number of nitrogens with zero attached hydrogens (tertiary/aromatic N) is 3. The van der Waals surface area contributed by atoms with Crippen molar-refractivity contribution < 1.29 is 5.11 Å². The van der Waals surface area contributed by atoms with E-state index >= 15 is 0 Å². The van der Waals surface area contributed by atoms with Gasteiger partial charge >= 0.3 is 0 Å². The van der Waals surface area contributed by atoms with Gasteiger partial charge in [-0.1, -0.05) is 116 Å². The average Bonchev–Trinajstić information content (AvgIpc) is 3.19. The lowest BCUT2D eigenvalue weighted by atomic mass is 9.79. The number of benzene rings is 2. The number of thioether (sulfide) groups is 1.